The third kappa shape index (κ3) is 5.42. The first-order chi connectivity index (χ1) is 14.7. The minimum atomic E-state index is -3.83. The van der Waals surface area contributed by atoms with Gasteiger partial charge in [0.15, 0.2) is 12.4 Å². The molecule has 2 N–H and O–H groups in total. The number of ether oxygens (including phenoxy) is 1. The zero-order valence-corrected chi connectivity index (χ0v) is 18.5. The van der Waals surface area contributed by atoms with Crippen molar-refractivity contribution in [2.45, 2.75) is 38.5 Å². The van der Waals surface area contributed by atoms with Crippen LogP contribution in [0.3, 0.4) is 0 Å². The largest absolute Gasteiger partial charge is 0.484 e. The fourth-order valence-corrected chi connectivity index (χ4v) is 5.29. The second kappa shape index (κ2) is 9.48. The maximum atomic E-state index is 13.0. The number of benzene rings is 1. The van der Waals surface area contributed by atoms with E-state index in [0.29, 0.717) is 25.1 Å². The van der Waals surface area contributed by atoms with Crippen molar-refractivity contribution in [1.29, 1.82) is 0 Å². The van der Waals surface area contributed by atoms with Crippen molar-refractivity contribution in [1.82, 2.24) is 20.3 Å². The lowest BCUT2D eigenvalue weighted by atomic mass is 9.99. The maximum absolute atomic E-state index is 13.0. The lowest BCUT2D eigenvalue weighted by molar-refractivity contribution is -0.132. The smallest absolute Gasteiger partial charge is 0.276 e. The quantitative estimate of drug-likeness (QED) is 0.633. The highest BCUT2D eigenvalue weighted by Crippen LogP contribution is 2.27. The van der Waals surface area contributed by atoms with Crippen LogP contribution in [-0.2, 0) is 19.6 Å². The molecular weight excluding hydrogens is 424 g/mol. The van der Waals surface area contributed by atoms with E-state index in [1.165, 1.54) is 11.2 Å². The number of aryl methyl sites for hydroxylation is 3. The number of hydrogen-bond donors (Lipinski definition) is 2. The molecule has 1 saturated heterocycles. The lowest BCUT2D eigenvalue weighted by Crippen LogP contribution is -2.50. The third-order valence-corrected chi connectivity index (χ3v) is 7.12. The standard InChI is InChI=1S/C20H26N4O6S/c1-13-6-4-8-17(10-13)29-12-18(25)21-22-20(26)16-7-5-9-24(11-16)31(27,28)19-14(2)23-30-15(19)3/h4,6,8,10,16H,5,7,9,11-12H2,1-3H3,(H,21,25)(H,22,26). The second-order valence-electron chi connectivity index (χ2n) is 7.50. The van der Waals surface area contributed by atoms with E-state index in [1.807, 2.05) is 19.1 Å². The highest BCUT2D eigenvalue weighted by Gasteiger charge is 2.36. The van der Waals surface area contributed by atoms with Crippen molar-refractivity contribution in [3.8, 4) is 5.75 Å². The molecule has 1 aliphatic rings. The van der Waals surface area contributed by atoms with E-state index in [9.17, 15) is 18.0 Å². The average Bonchev–Trinajstić information content (AvgIpc) is 3.09. The summed E-state index contributed by atoms with van der Waals surface area (Å²) in [5, 5.41) is 3.70. The summed E-state index contributed by atoms with van der Waals surface area (Å²) in [6, 6.07) is 7.25. The molecule has 168 valence electrons. The van der Waals surface area contributed by atoms with E-state index < -0.39 is 27.8 Å². The van der Waals surface area contributed by atoms with Crippen molar-refractivity contribution >= 4 is 21.8 Å². The van der Waals surface area contributed by atoms with Gasteiger partial charge in [0.1, 0.15) is 16.3 Å². The number of piperidine rings is 1. The Kier molecular flexibility index (Phi) is 6.96. The number of carbonyl (C=O) groups is 2. The number of hydrogen-bond acceptors (Lipinski definition) is 7. The zero-order valence-electron chi connectivity index (χ0n) is 17.7. The maximum Gasteiger partial charge on any atom is 0.276 e. The van der Waals surface area contributed by atoms with Crippen LogP contribution in [0.25, 0.3) is 0 Å². The van der Waals surface area contributed by atoms with Crippen molar-refractivity contribution in [2.75, 3.05) is 19.7 Å². The molecule has 2 amide bonds. The fourth-order valence-electron chi connectivity index (χ4n) is 3.47. The van der Waals surface area contributed by atoms with E-state index in [1.54, 1.807) is 19.1 Å². The fraction of sp³-hybridized carbons (Fsp3) is 0.450. The molecule has 1 aromatic carbocycles. The molecule has 2 heterocycles. The molecule has 0 aliphatic carbocycles. The summed E-state index contributed by atoms with van der Waals surface area (Å²) < 4.78 is 37.6. The summed E-state index contributed by atoms with van der Waals surface area (Å²) in [6.45, 7) is 5.05. The molecular formula is C20H26N4O6S. The van der Waals surface area contributed by atoms with Crippen molar-refractivity contribution < 1.29 is 27.3 Å². The molecule has 10 nitrogen and oxygen atoms in total. The van der Waals surface area contributed by atoms with Gasteiger partial charge < -0.3 is 9.26 Å². The van der Waals surface area contributed by atoms with Gasteiger partial charge >= 0.3 is 0 Å². The summed E-state index contributed by atoms with van der Waals surface area (Å²) in [4.78, 5) is 24.5. The lowest BCUT2D eigenvalue weighted by Gasteiger charge is -2.31. The van der Waals surface area contributed by atoms with Gasteiger partial charge in [0, 0.05) is 13.1 Å². The first-order valence-electron chi connectivity index (χ1n) is 9.89. The van der Waals surface area contributed by atoms with Crippen molar-refractivity contribution in [2.24, 2.45) is 5.92 Å². The molecule has 1 aliphatic heterocycles. The van der Waals surface area contributed by atoms with Gasteiger partial charge in [-0.15, -0.1) is 0 Å². The van der Waals surface area contributed by atoms with Gasteiger partial charge in [-0.2, -0.15) is 4.31 Å². The number of nitrogens with zero attached hydrogens (tertiary/aromatic N) is 2. The molecule has 1 aromatic heterocycles. The van der Waals surface area contributed by atoms with Crippen LogP contribution in [0.5, 0.6) is 5.75 Å². The van der Waals surface area contributed by atoms with Gasteiger partial charge in [-0.1, -0.05) is 17.3 Å². The van der Waals surface area contributed by atoms with Crippen LogP contribution in [0.4, 0.5) is 0 Å². The number of aromatic nitrogens is 1. The molecule has 0 saturated carbocycles. The predicted octanol–water partition coefficient (Wildman–Crippen LogP) is 1.23. The topological polar surface area (TPSA) is 131 Å². The molecule has 3 rings (SSSR count). The zero-order chi connectivity index (χ0) is 22.6. The van der Waals surface area contributed by atoms with Crippen LogP contribution in [-0.4, -0.2) is 49.4 Å². The van der Waals surface area contributed by atoms with Gasteiger partial charge in [-0.05, 0) is 51.3 Å². The molecule has 0 bridgehead atoms. The molecule has 0 spiro atoms. The Morgan fingerprint density at radius 1 is 1.26 bits per heavy atom. The highest BCUT2D eigenvalue weighted by molar-refractivity contribution is 7.89. The summed E-state index contributed by atoms with van der Waals surface area (Å²) in [5.74, 6) is -0.811. The molecule has 0 radical (unpaired) electrons. The van der Waals surface area contributed by atoms with Gasteiger partial charge in [0.2, 0.25) is 15.9 Å². The van der Waals surface area contributed by atoms with E-state index in [0.717, 1.165) is 5.56 Å². The van der Waals surface area contributed by atoms with Crippen LogP contribution in [0.15, 0.2) is 33.7 Å². The SMILES string of the molecule is Cc1cccc(OCC(=O)NNC(=O)C2CCCN(S(=O)(=O)c3c(C)noc3C)C2)c1. The third-order valence-electron chi connectivity index (χ3n) is 5.01. The Bertz CT molecular complexity index is 1050. The molecule has 31 heavy (non-hydrogen) atoms. The molecule has 1 atom stereocenters. The highest BCUT2D eigenvalue weighted by atomic mass is 32.2. The Morgan fingerprint density at radius 2 is 2.03 bits per heavy atom. The van der Waals surface area contributed by atoms with Gasteiger partial charge in [-0.3, -0.25) is 20.4 Å². The Balaban J connectivity index is 1.53. The Morgan fingerprint density at radius 3 is 2.71 bits per heavy atom. The van der Waals surface area contributed by atoms with E-state index >= 15 is 0 Å². The number of rotatable bonds is 6. The number of nitrogens with one attached hydrogen (secondary N) is 2. The van der Waals surface area contributed by atoms with E-state index in [2.05, 4.69) is 16.0 Å². The van der Waals surface area contributed by atoms with Crippen LogP contribution in [0.1, 0.15) is 29.9 Å². The summed E-state index contributed by atoms with van der Waals surface area (Å²) in [5.41, 5.74) is 5.95. The molecule has 1 fully saturated rings. The summed E-state index contributed by atoms with van der Waals surface area (Å²) in [7, 11) is -3.83. The first-order valence-corrected chi connectivity index (χ1v) is 11.3. The van der Waals surface area contributed by atoms with Crippen LogP contribution >= 0.6 is 0 Å². The van der Waals surface area contributed by atoms with E-state index in [-0.39, 0.29) is 29.5 Å². The summed E-state index contributed by atoms with van der Waals surface area (Å²) in [6.07, 6.45) is 1.03. The molecule has 11 heteroatoms. The first kappa shape index (κ1) is 22.8. The van der Waals surface area contributed by atoms with Crippen molar-refractivity contribution in [3.63, 3.8) is 0 Å². The molecule has 2 aromatic rings. The minimum absolute atomic E-state index is 0.00783. The molecule has 1 unspecified atom stereocenters. The van der Waals surface area contributed by atoms with Crippen LogP contribution in [0.2, 0.25) is 0 Å². The van der Waals surface area contributed by atoms with Gasteiger partial charge in [0.25, 0.3) is 5.91 Å². The van der Waals surface area contributed by atoms with Crippen molar-refractivity contribution in [3.05, 3.63) is 41.3 Å². The van der Waals surface area contributed by atoms with Crippen LogP contribution < -0.4 is 15.6 Å². The van der Waals surface area contributed by atoms with Gasteiger partial charge in [-0.25, -0.2) is 8.42 Å². The monoisotopic (exact) mass is 450 g/mol. The van der Waals surface area contributed by atoms with Gasteiger partial charge in [0.05, 0.1) is 5.92 Å². The van der Waals surface area contributed by atoms with Crippen LogP contribution in [0, 0.1) is 26.7 Å². The summed E-state index contributed by atoms with van der Waals surface area (Å²) >= 11 is 0. The Hall–Kier alpha value is -2.92. The number of sulfonamides is 1. The minimum Gasteiger partial charge on any atom is -0.484 e. The normalized spacial score (nSPS) is 17.2. The second-order valence-corrected chi connectivity index (χ2v) is 9.37. The predicted molar refractivity (Wildman–Crippen MR) is 110 cm³/mol. The average molecular weight is 451 g/mol. The number of amides is 2. The number of carbonyl (C=O) groups excluding carboxylic acids is 2. The Labute approximate surface area is 180 Å². The number of hydrazine groups is 1. The van der Waals surface area contributed by atoms with E-state index in [4.69, 9.17) is 9.26 Å².